The van der Waals surface area contributed by atoms with Gasteiger partial charge in [-0.3, -0.25) is 19.4 Å². The Kier molecular flexibility index (Phi) is 9.43. The molecule has 1 aliphatic heterocycles. The van der Waals surface area contributed by atoms with Crippen molar-refractivity contribution in [1.82, 2.24) is 20.2 Å². The summed E-state index contributed by atoms with van der Waals surface area (Å²) in [5.41, 5.74) is 4.80. The smallest absolute Gasteiger partial charge is 0.274 e. The molecule has 9 nitrogen and oxygen atoms in total. The number of benzene rings is 1. The Morgan fingerprint density at radius 3 is 2.59 bits per heavy atom. The minimum atomic E-state index is -0.893. The summed E-state index contributed by atoms with van der Waals surface area (Å²) in [6, 6.07) is 13.0. The molecular formula is C37H47N5O4. The molecule has 6 rings (SSSR count). The monoisotopic (exact) mass is 625 g/mol. The molecular weight excluding hydrogens is 578 g/mol. The first kappa shape index (κ1) is 32.1. The van der Waals surface area contributed by atoms with Crippen molar-refractivity contribution in [1.29, 1.82) is 0 Å². The van der Waals surface area contributed by atoms with E-state index in [0.29, 0.717) is 31.4 Å². The van der Waals surface area contributed by atoms with Crippen molar-refractivity contribution in [2.24, 2.45) is 5.41 Å². The number of carbonyl (C=O) groups is 2. The third-order valence-corrected chi connectivity index (χ3v) is 9.94. The fraction of sp³-hybridized carbons (Fsp3) is 0.514. The van der Waals surface area contributed by atoms with Gasteiger partial charge >= 0.3 is 0 Å². The number of rotatable bonds is 10. The fourth-order valence-corrected chi connectivity index (χ4v) is 7.51. The zero-order chi connectivity index (χ0) is 32.4. The first-order valence-electron chi connectivity index (χ1n) is 16.9. The van der Waals surface area contributed by atoms with E-state index in [4.69, 9.17) is 4.98 Å². The van der Waals surface area contributed by atoms with E-state index in [1.807, 2.05) is 43.5 Å². The van der Waals surface area contributed by atoms with Gasteiger partial charge in [-0.1, -0.05) is 63.1 Å². The molecule has 2 amide bonds. The molecule has 9 heteroatoms. The number of aliphatic hydroxyl groups excluding tert-OH is 1. The highest BCUT2D eigenvalue weighted by Crippen LogP contribution is 2.40. The minimum Gasteiger partial charge on any atom is -0.390 e. The van der Waals surface area contributed by atoms with E-state index in [1.54, 1.807) is 16.8 Å². The lowest BCUT2D eigenvalue weighted by atomic mass is 9.73. The number of aliphatic hydroxyl groups is 1. The Hall–Kier alpha value is -3.82. The normalized spacial score (nSPS) is 20.8. The zero-order valence-electron chi connectivity index (χ0n) is 27.3. The Morgan fingerprint density at radius 2 is 1.87 bits per heavy atom. The number of nitrogens with zero attached hydrogens (tertiary/aromatic N) is 3. The predicted octanol–water partition coefficient (Wildman–Crippen LogP) is 4.80. The van der Waals surface area contributed by atoms with Crippen molar-refractivity contribution in [3.63, 3.8) is 0 Å². The minimum absolute atomic E-state index is 0.00681. The Morgan fingerprint density at radius 1 is 1.11 bits per heavy atom. The van der Waals surface area contributed by atoms with E-state index < -0.39 is 12.1 Å². The molecule has 3 heterocycles. The summed E-state index contributed by atoms with van der Waals surface area (Å²) in [4.78, 5) is 46.6. The van der Waals surface area contributed by atoms with Crippen LogP contribution >= 0.6 is 0 Å². The van der Waals surface area contributed by atoms with Crippen LogP contribution in [0.15, 0.2) is 59.7 Å². The van der Waals surface area contributed by atoms with Gasteiger partial charge in [-0.15, -0.1) is 0 Å². The topological polar surface area (TPSA) is 117 Å². The van der Waals surface area contributed by atoms with Gasteiger partial charge in [0.15, 0.2) is 0 Å². The lowest BCUT2D eigenvalue weighted by Crippen LogP contribution is -2.50. The second-order valence-electron chi connectivity index (χ2n) is 14.3. The van der Waals surface area contributed by atoms with Gasteiger partial charge in [0.2, 0.25) is 5.91 Å². The van der Waals surface area contributed by atoms with Crippen LogP contribution in [0.5, 0.6) is 0 Å². The SMILES string of the molecule is Cc1cnc2c(c1)[C@@H](NC[C@@H](O)[C@H](Cc1ccccc1)NC(=O)c1cc(N3CCCC3=O)c(=O)n(C3CCCC3)c1)CC(C)(C)C2. The molecule has 244 valence electrons. The van der Waals surface area contributed by atoms with E-state index in [2.05, 4.69) is 30.5 Å². The van der Waals surface area contributed by atoms with Gasteiger partial charge in [0.05, 0.1) is 17.7 Å². The van der Waals surface area contributed by atoms with Crippen LogP contribution in [-0.4, -0.2) is 51.7 Å². The summed E-state index contributed by atoms with van der Waals surface area (Å²) in [6.45, 7) is 7.29. The summed E-state index contributed by atoms with van der Waals surface area (Å²) in [5.74, 6) is -0.461. The van der Waals surface area contributed by atoms with Gasteiger partial charge in [-0.05, 0) is 73.6 Å². The van der Waals surface area contributed by atoms with Crippen LogP contribution in [0.25, 0.3) is 0 Å². The third kappa shape index (κ3) is 7.10. The summed E-state index contributed by atoms with van der Waals surface area (Å²) >= 11 is 0. The Labute approximate surface area is 271 Å². The molecule has 1 saturated heterocycles. The molecule has 2 aromatic heterocycles. The molecule has 0 spiro atoms. The van der Waals surface area contributed by atoms with Gasteiger partial charge in [-0.2, -0.15) is 0 Å². The van der Waals surface area contributed by atoms with Gasteiger partial charge in [0.25, 0.3) is 11.5 Å². The summed E-state index contributed by atoms with van der Waals surface area (Å²) in [5, 5.41) is 18.4. The summed E-state index contributed by atoms with van der Waals surface area (Å²) in [7, 11) is 0. The van der Waals surface area contributed by atoms with E-state index >= 15 is 0 Å². The molecule has 0 bridgehead atoms. The third-order valence-electron chi connectivity index (χ3n) is 9.94. The number of anilines is 1. The maximum absolute atomic E-state index is 14.0. The lowest BCUT2D eigenvalue weighted by molar-refractivity contribution is -0.117. The molecule has 3 atom stereocenters. The van der Waals surface area contributed by atoms with Gasteiger partial charge in [0, 0.05) is 49.7 Å². The van der Waals surface area contributed by atoms with Crippen molar-refractivity contribution < 1.29 is 14.7 Å². The van der Waals surface area contributed by atoms with E-state index in [1.165, 1.54) is 10.5 Å². The molecule has 1 saturated carbocycles. The highest BCUT2D eigenvalue weighted by atomic mass is 16.3. The molecule has 1 aromatic carbocycles. The average Bonchev–Trinajstić information content (AvgIpc) is 3.72. The second-order valence-corrected chi connectivity index (χ2v) is 14.3. The average molecular weight is 626 g/mol. The van der Waals surface area contributed by atoms with Crippen molar-refractivity contribution in [3.05, 3.63) is 93.2 Å². The van der Waals surface area contributed by atoms with Crippen LogP contribution in [0, 0.1) is 12.3 Å². The first-order valence-corrected chi connectivity index (χ1v) is 16.9. The van der Waals surface area contributed by atoms with E-state index in [0.717, 1.165) is 55.3 Å². The van der Waals surface area contributed by atoms with Crippen LogP contribution in [-0.2, 0) is 17.6 Å². The van der Waals surface area contributed by atoms with E-state index in [-0.39, 0.29) is 47.1 Å². The van der Waals surface area contributed by atoms with Gasteiger partial charge in [-0.25, -0.2) is 0 Å². The highest BCUT2D eigenvalue weighted by molar-refractivity contribution is 5.98. The number of nitrogens with one attached hydrogen (secondary N) is 2. The van der Waals surface area contributed by atoms with Gasteiger partial charge < -0.3 is 25.2 Å². The number of hydrogen-bond acceptors (Lipinski definition) is 6. The van der Waals surface area contributed by atoms with Crippen molar-refractivity contribution >= 4 is 17.5 Å². The lowest BCUT2D eigenvalue weighted by Gasteiger charge is -2.37. The maximum Gasteiger partial charge on any atom is 0.274 e. The number of carbonyl (C=O) groups excluding carboxylic acids is 2. The van der Waals surface area contributed by atoms with Crippen molar-refractivity contribution in [2.75, 3.05) is 18.0 Å². The van der Waals surface area contributed by atoms with Crippen LogP contribution in [0.1, 0.15) is 104 Å². The number of hydrogen-bond donors (Lipinski definition) is 3. The number of fused-ring (bicyclic) bond motifs is 1. The molecule has 3 N–H and O–H groups in total. The summed E-state index contributed by atoms with van der Waals surface area (Å²) < 4.78 is 1.67. The van der Waals surface area contributed by atoms with Crippen LogP contribution < -0.4 is 21.1 Å². The number of amides is 2. The highest BCUT2D eigenvalue weighted by Gasteiger charge is 2.34. The Balaban J connectivity index is 1.26. The molecule has 2 fully saturated rings. The summed E-state index contributed by atoms with van der Waals surface area (Å²) in [6.07, 6.45) is 9.81. The standard InChI is InChI=1S/C37H47N5O4/c1-24-16-28-30(38-21-24)19-37(2,3)20-31(28)39-22-33(43)29(17-25-10-5-4-6-11-25)40-35(45)26-18-32(41-15-9-14-34(41)44)36(46)42(23-26)27-12-7-8-13-27/h4-6,10-11,16,18,21,23,27,29,31,33,39,43H,7-9,12-15,17,19-20,22H2,1-3H3,(H,40,45)/t29-,31-,33+/m0/s1. The Bertz CT molecular complexity index is 1630. The quantitative estimate of drug-likeness (QED) is 0.298. The van der Waals surface area contributed by atoms with Crippen molar-refractivity contribution in [3.8, 4) is 0 Å². The van der Waals surface area contributed by atoms with Gasteiger partial charge in [0.1, 0.15) is 5.69 Å². The van der Waals surface area contributed by atoms with Crippen LogP contribution in [0.3, 0.4) is 0 Å². The first-order chi connectivity index (χ1) is 22.1. The molecule has 3 aliphatic rings. The fourth-order valence-electron chi connectivity index (χ4n) is 7.51. The molecule has 3 aromatic rings. The van der Waals surface area contributed by atoms with Crippen LogP contribution in [0.4, 0.5) is 5.69 Å². The molecule has 2 aliphatic carbocycles. The van der Waals surface area contributed by atoms with Crippen LogP contribution in [0.2, 0.25) is 0 Å². The number of aryl methyl sites for hydroxylation is 1. The zero-order valence-corrected chi connectivity index (χ0v) is 27.3. The second kappa shape index (κ2) is 13.5. The largest absolute Gasteiger partial charge is 0.390 e. The molecule has 46 heavy (non-hydrogen) atoms. The van der Waals surface area contributed by atoms with Crippen molar-refractivity contribution in [2.45, 2.75) is 103 Å². The maximum atomic E-state index is 14.0. The molecule has 0 unspecified atom stereocenters. The number of aromatic nitrogens is 2. The predicted molar refractivity (Wildman–Crippen MR) is 179 cm³/mol. The molecule has 0 radical (unpaired) electrons. The van der Waals surface area contributed by atoms with E-state index in [9.17, 15) is 19.5 Å². The number of pyridine rings is 2.